The van der Waals surface area contributed by atoms with Crippen molar-refractivity contribution in [1.29, 1.82) is 0 Å². The molecule has 0 N–H and O–H groups in total. The Hall–Kier alpha value is -1.68. The largest absolute Gasteiger partial charge is 0.274 e. The van der Waals surface area contributed by atoms with Crippen LogP contribution in [0.5, 0.6) is 0 Å². The van der Waals surface area contributed by atoms with Gasteiger partial charge in [0.2, 0.25) is 11.8 Å². The van der Waals surface area contributed by atoms with E-state index >= 15 is 0 Å². The molecule has 5 heteroatoms. The summed E-state index contributed by atoms with van der Waals surface area (Å²) in [6, 6.07) is 4.03. The topological polar surface area (TPSA) is 37.4 Å². The smallest absolute Gasteiger partial charge is 0.238 e. The van der Waals surface area contributed by atoms with Crippen LogP contribution in [0.15, 0.2) is 30.4 Å². The molecule has 1 heterocycles. The summed E-state index contributed by atoms with van der Waals surface area (Å²) in [5, 5.41) is -0.0187. The van der Waals surface area contributed by atoms with Gasteiger partial charge in [-0.1, -0.05) is 23.8 Å². The Morgan fingerprint density at radius 3 is 2.25 bits per heavy atom. The molecule has 1 aromatic rings. The minimum atomic E-state index is -0.622. The van der Waals surface area contributed by atoms with E-state index in [1.54, 1.807) is 0 Å². The fourth-order valence-corrected chi connectivity index (χ4v) is 3.90. The zero-order valence-electron chi connectivity index (χ0n) is 10.4. The lowest BCUT2D eigenvalue weighted by Gasteiger charge is -2.17. The van der Waals surface area contributed by atoms with Crippen molar-refractivity contribution in [3.63, 3.8) is 0 Å². The van der Waals surface area contributed by atoms with E-state index in [1.165, 1.54) is 12.1 Å². The second-order valence-electron chi connectivity index (χ2n) is 5.61. The number of carbonyl (C=O) groups excluding carboxylic acids is 2. The zero-order chi connectivity index (χ0) is 14.0. The van der Waals surface area contributed by atoms with Crippen LogP contribution in [0.1, 0.15) is 6.42 Å². The van der Waals surface area contributed by atoms with Gasteiger partial charge >= 0.3 is 0 Å². The summed E-state index contributed by atoms with van der Waals surface area (Å²) < 4.78 is 13.5. The number of amides is 2. The standard InChI is InChI=1S/C15H11ClFNO2/c16-10-4-3-9(6-11(10)17)18-14(19)12-7-1-2-8(5-7)13(12)15(18)20/h1-4,6-8,12-13H,5H2/t7-,8+,12-,13-/m0/s1. The molecule has 0 aromatic heterocycles. The molecule has 2 bridgehead atoms. The first-order valence-corrected chi connectivity index (χ1v) is 6.97. The summed E-state index contributed by atoms with van der Waals surface area (Å²) in [6.45, 7) is 0. The lowest BCUT2D eigenvalue weighted by Crippen LogP contribution is -2.32. The van der Waals surface area contributed by atoms with E-state index in [0.29, 0.717) is 0 Å². The fourth-order valence-electron chi connectivity index (χ4n) is 3.78. The summed E-state index contributed by atoms with van der Waals surface area (Å²) in [7, 11) is 0. The highest BCUT2D eigenvalue weighted by Gasteiger charge is 2.59. The predicted molar refractivity (Wildman–Crippen MR) is 71.6 cm³/mol. The van der Waals surface area contributed by atoms with Crippen LogP contribution in [0.3, 0.4) is 0 Å². The van der Waals surface area contributed by atoms with E-state index in [1.807, 2.05) is 12.2 Å². The molecule has 2 amide bonds. The monoisotopic (exact) mass is 291 g/mol. The number of allylic oxidation sites excluding steroid dienone is 2. The second-order valence-corrected chi connectivity index (χ2v) is 6.02. The highest BCUT2D eigenvalue weighted by atomic mass is 35.5. The van der Waals surface area contributed by atoms with E-state index < -0.39 is 5.82 Å². The van der Waals surface area contributed by atoms with Gasteiger partial charge in [0, 0.05) is 0 Å². The molecule has 1 saturated heterocycles. The van der Waals surface area contributed by atoms with Crippen molar-refractivity contribution >= 4 is 29.1 Å². The molecule has 4 atom stereocenters. The van der Waals surface area contributed by atoms with Gasteiger partial charge in [0.1, 0.15) is 5.82 Å². The van der Waals surface area contributed by atoms with E-state index in [4.69, 9.17) is 11.6 Å². The van der Waals surface area contributed by atoms with Gasteiger partial charge in [-0.25, -0.2) is 9.29 Å². The molecular formula is C15H11ClFNO2. The fraction of sp³-hybridized carbons (Fsp3) is 0.333. The molecule has 1 aromatic carbocycles. The number of halogens is 2. The second kappa shape index (κ2) is 3.92. The van der Waals surface area contributed by atoms with Crippen LogP contribution in [0, 0.1) is 29.5 Å². The van der Waals surface area contributed by atoms with Gasteiger partial charge in [-0.3, -0.25) is 9.59 Å². The summed E-state index contributed by atoms with van der Waals surface area (Å²) >= 11 is 5.64. The lowest BCUT2D eigenvalue weighted by atomic mass is 9.85. The van der Waals surface area contributed by atoms with Gasteiger partial charge in [0.25, 0.3) is 0 Å². The van der Waals surface area contributed by atoms with Crippen LogP contribution in [0.4, 0.5) is 10.1 Å². The Kier molecular flexibility index (Phi) is 2.37. The molecule has 0 unspecified atom stereocenters. The van der Waals surface area contributed by atoms with Crippen molar-refractivity contribution in [1.82, 2.24) is 0 Å². The van der Waals surface area contributed by atoms with Crippen LogP contribution in [-0.4, -0.2) is 11.8 Å². The Bertz CT molecular complexity index is 642. The third-order valence-electron chi connectivity index (χ3n) is 4.63. The molecule has 102 valence electrons. The maximum Gasteiger partial charge on any atom is 0.238 e. The van der Waals surface area contributed by atoms with E-state index in [2.05, 4.69) is 0 Å². The number of fused-ring (bicyclic) bond motifs is 5. The Morgan fingerprint density at radius 1 is 1.10 bits per heavy atom. The van der Waals surface area contributed by atoms with Gasteiger partial charge in [-0.05, 0) is 36.5 Å². The summed E-state index contributed by atoms with van der Waals surface area (Å²) in [6.07, 6.45) is 4.95. The van der Waals surface area contributed by atoms with Crippen LogP contribution in [0.2, 0.25) is 5.02 Å². The SMILES string of the molecule is O=C1[C@@H]2[C@@H](C(=O)N1c1ccc(Cl)c(F)c1)[C@H]1C=C[C@@H]2C1. The van der Waals surface area contributed by atoms with E-state index in [9.17, 15) is 14.0 Å². The predicted octanol–water partition coefficient (Wildman–Crippen LogP) is 2.79. The normalized spacial score (nSPS) is 34.2. The van der Waals surface area contributed by atoms with Gasteiger partial charge in [-0.15, -0.1) is 0 Å². The first kappa shape index (κ1) is 12.1. The molecule has 2 fully saturated rings. The summed E-state index contributed by atoms with van der Waals surface area (Å²) in [5.41, 5.74) is 0.274. The third-order valence-corrected chi connectivity index (χ3v) is 4.94. The van der Waals surface area contributed by atoms with Crippen LogP contribution < -0.4 is 4.90 Å². The number of nitrogens with zero attached hydrogens (tertiary/aromatic N) is 1. The molecule has 3 nitrogen and oxygen atoms in total. The Balaban J connectivity index is 1.76. The Morgan fingerprint density at radius 2 is 1.70 bits per heavy atom. The van der Waals surface area contributed by atoms with Crippen molar-refractivity contribution in [2.24, 2.45) is 23.7 Å². The highest BCUT2D eigenvalue weighted by molar-refractivity contribution is 6.31. The molecule has 1 aliphatic heterocycles. The van der Waals surface area contributed by atoms with E-state index in [0.717, 1.165) is 17.4 Å². The number of anilines is 1. The van der Waals surface area contributed by atoms with Crippen LogP contribution in [0.25, 0.3) is 0 Å². The maximum atomic E-state index is 13.5. The Labute approximate surface area is 120 Å². The van der Waals surface area contributed by atoms with Gasteiger partial charge in [0.05, 0.1) is 22.5 Å². The molecule has 4 rings (SSSR count). The molecular weight excluding hydrogens is 281 g/mol. The van der Waals surface area contributed by atoms with Crippen molar-refractivity contribution in [3.05, 3.63) is 41.2 Å². The first-order chi connectivity index (χ1) is 9.58. The number of carbonyl (C=O) groups is 2. The summed E-state index contributed by atoms with van der Waals surface area (Å²) in [4.78, 5) is 26.1. The van der Waals surface area contributed by atoms with Crippen molar-refractivity contribution < 1.29 is 14.0 Å². The van der Waals surface area contributed by atoms with Gasteiger partial charge < -0.3 is 0 Å². The molecule has 20 heavy (non-hydrogen) atoms. The summed E-state index contributed by atoms with van der Waals surface area (Å²) in [5.74, 6) is -1.26. The quantitative estimate of drug-likeness (QED) is 0.589. The average molecular weight is 292 g/mol. The zero-order valence-corrected chi connectivity index (χ0v) is 11.2. The molecule has 3 aliphatic rings. The lowest BCUT2D eigenvalue weighted by molar-refractivity contribution is -0.123. The van der Waals surface area contributed by atoms with Crippen LogP contribution >= 0.6 is 11.6 Å². The highest BCUT2D eigenvalue weighted by Crippen LogP contribution is 2.53. The molecule has 0 spiro atoms. The van der Waals surface area contributed by atoms with Gasteiger partial charge in [0.15, 0.2) is 0 Å². The number of hydrogen-bond donors (Lipinski definition) is 0. The first-order valence-electron chi connectivity index (χ1n) is 6.59. The third kappa shape index (κ3) is 1.40. The van der Waals surface area contributed by atoms with Crippen LogP contribution in [-0.2, 0) is 9.59 Å². The van der Waals surface area contributed by atoms with Crippen molar-refractivity contribution in [2.75, 3.05) is 4.90 Å². The maximum absolute atomic E-state index is 13.5. The number of imide groups is 1. The van der Waals surface area contributed by atoms with Gasteiger partial charge in [-0.2, -0.15) is 0 Å². The molecule has 0 radical (unpaired) electrons. The van der Waals surface area contributed by atoms with Crippen molar-refractivity contribution in [3.8, 4) is 0 Å². The van der Waals surface area contributed by atoms with Crippen molar-refractivity contribution in [2.45, 2.75) is 6.42 Å². The average Bonchev–Trinajstić information content (AvgIpc) is 3.08. The van der Waals surface area contributed by atoms with E-state index in [-0.39, 0.29) is 46.2 Å². The molecule has 2 aliphatic carbocycles. The minimum absolute atomic E-state index is 0.0187. The number of benzene rings is 1. The molecule has 1 saturated carbocycles. The number of rotatable bonds is 1. The number of hydrogen-bond acceptors (Lipinski definition) is 2. The minimum Gasteiger partial charge on any atom is -0.274 e.